The Bertz CT molecular complexity index is 239. The van der Waals surface area contributed by atoms with Gasteiger partial charge in [0.25, 0.3) is 0 Å². The highest BCUT2D eigenvalue weighted by Gasteiger charge is 2.41. The average Bonchev–Trinajstić information content (AvgIpc) is 2.34. The maximum absolute atomic E-state index is 9.11. The number of hydrogen-bond acceptors (Lipinski definition) is 3. The zero-order valence-electron chi connectivity index (χ0n) is 6.16. The predicted octanol–water partition coefficient (Wildman–Crippen LogP) is 1.06. The van der Waals surface area contributed by atoms with Crippen LogP contribution in [0.5, 0.6) is 0 Å². The SMILES string of the molecule is NC1(c2ccsc2)CC(O)C1. The molecule has 0 spiro atoms. The number of nitrogens with two attached hydrogens (primary N) is 1. The summed E-state index contributed by atoms with van der Waals surface area (Å²) in [7, 11) is 0. The Morgan fingerprint density at radius 1 is 1.64 bits per heavy atom. The molecule has 0 radical (unpaired) electrons. The van der Waals surface area contributed by atoms with Crippen LogP contribution in [0.25, 0.3) is 0 Å². The number of aliphatic hydroxyl groups excluding tert-OH is 1. The van der Waals surface area contributed by atoms with Crippen molar-refractivity contribution < 1.29 is 5.11 Å². The molecule has 0 unspecified atom stereocenters. The van der Waals surface area contributed by atoms with Crippen molar-refractivity contribution in [2.75, 3.05) is 0 Å². The van der Waals surface area contributed by atoms with Crippen LogP contribution in [-0.4, -0.2) is 11.2 Å². The lowest BCUT2D eigenvalue weighted by Crippen LogP contribution is -2.51. The second-order valence-electron chi connectivity index (χ2n) is 3.23. The van der Waals surface area contributed by atoms with Crippen LogP contribution in [0.15, 0.2) is 16.8 Å². The normalized spacial score (nSPS) is 36.7. The van der Waals surface area contributed by atoms with Crippen molar-refractivity contribution in [1.82, 2.24) is 0 Å². The van der Waals surface area contributed by atoms with Gasteiger partial charge < -0.3 is 10.8 Å². The van der Waals surface area contributed by atoms with Gasteiger partial charge in [-0.1, -0.05) is 0 Å². The van der Waals surface area contributed by atoms with E-state index in [0.29, 0.717) is 12.8 Å². The minimum Gasteiger partial charge on any atom is -0.393 e. The fourth-order valence-electron chi connectivity index (χ4n) is 1.56. The number of rotatable bonds is 1. The number of aliphatic hydroxyl groups is 1. The molecule has 2 nitrogen and oxygen atoms in total. The Kier molecular flexibility index (Phi) is 1.52. The van der Waals surface area contributed by atoms with E-state index in [-0.39, 0.29) is 11.6 Å². The average molecular weight is 169 g/mol. The van der Waals surface area contributed by atoms with E-state index in [2.05, 4.69) is 5.38 Å². The predicted molar refractivity (Wildman–Crippen MR) is 45.4 cm³/mol. The summed E-state index contributed by atoms with van der Waals surface area (Å²) in [4.78, 5) is 0. The molecular weight excluding hydrogens is 158 g/mol. The summed E-state index contributed by atoms with van der Waals surface area (Å²) < 4.78 is 0. The van der Waals surface area contributed by atoms with Gasteiger partial charge >= 0.3 is 0 Å². The molecule has 0 atom stereocenters. The Morgan fingerprint density at radius 3 is 2.82 bits per heavy atom. The molecule has 2 rings (SSSR count). The smallest absolute Gasteiger partial charge is 0.0582 e. The fraction of sp³-hybridized carbons (Fsp3) is 0.500. The van der Waals surface area contributed by atoms with Gasteiger partial charge in [-0.15, -0.1) is 0 Å². The third kappa shape index (κ3) is 1.09. The Labute approximate surface area is 69.7 Å². The summed E-state index contributed by atoms with van der Waals surface area (Å²) in [6, 6.07) is 2.04. The first-order valence-electron chi connectivity index (χ1n) is 3.70. The van der Waals surface area contributed by atoms with Crippen molar-refractivity contribution in [1.29, 1.82) is 0 Å². The molecule has 60 valence electrons. The first kappa shape index (κ1) is 7.28. The molecule has 1 fully saturated rings. The van der Waals surface area contributed by atoms with E-state index < -0.39 is 0 Å². The molecule has 3 heteroatoms. The van der Waals surface area contributed by atoms with Gasteiger partial charge in [-0.05, 0) is 35.2 Å². The standard InChI is InChI=1S/C8H11NOS/c9-8(3-7(10)4-8)6-1-2-11-5-6/h1-2,5,7,10H,3-4,9H2. The van der Waals surface area contributed by atoms with Gasteiger partial charge in [0.05, 0.1) is 6.10 Å². The highest BCUT2D eigenvalue weighted by Crippen LogP contribution is 2.39. The number of thiophene rings is 1. The van der Waals surface area contributed by atoms with Gasteiger partial charge in [-0.2, -0.15) is 11.3 Å². The third-order valence-electron chi connectivity index (χ3n) is 2.30. The highest BCUT2D eigenvalue weighted by atomic mass is 32.1. The molecule has 1 aliphatic rings. The maximum atomic E-state index is 9.11. The topological polar surface area (TPSA) is 46.2 Å². The summed E-state index contributed by atoms with van der Waals surface area (Å²) in [5, 5.41) is 13.2. The molecule has 1 aromatic heterocycles. The minimum absolute atomic E-state index is 0.181. The molecule has 0 aromatic carbocycles. The van der Waals surface area contributed by atoms with Crippen molar-refractivity contribution in [3.05, 3.63) is 22.4 Å². The molecule has 1 saturated carbocycles. The van der Waals surface area contributed by atoms with Crippen LogP contribution in [0.4, 0.5) is 0 Å². The van der Waals surface area contributed by atoms with Crippen LogP contribution in [-0.2, 0) is 5.54 Å². The zero-order valence-corrected chi connectivity index (χ0v) is 6.97. The largest absolute Gasteiger partial charge is 0.393 e. The van der Waals surface area contributed by atoms with E-state index >= 15 is 0 Å². The van der Waals surface area contributed by atoms with E-state index in [1.165, 1.54) is 5.56 Å². The van der Waals surface area contributed by atoms with Crippen LogP contribution in [0.3, 0.4) is 0 Å². The van der Waals surface area contributed by atoms with E-state index in [0.717, 1.165) is 0 Å². The minimum atomic E-state index is -0.223. The molecule has 0 amide bonds. The van der Waals surface area contributed by atoms with Gasteiger partial charge in [0, 0.05) is 5.54 Å². The molecule has 0 bridgehead atoms. The van der Waals surface area contributed by atoms with Gasteiger partial charge in [0.1, 0.15) is 0 Å². The fourth-order valence-corrected chi connectivity index (χ4v) is 2.33. The highest BCUT2D eigenvalue weighted by molar-refractivity contribution is 7.08. The van der Waals surface area contributed by atoms with Crippen LogP contribution in [0, 0.1) is 0 Å². The molecule has 1 heterocycles. The molecule has 0 saturated heterocycles. The van der Waals surface area contributed by atoms with Gasteiger partial charge in [0.15, 0.2) is 0 Å². The molecule has 1 aromatic rings. The lowest BCUT2D eigenvalue weighted by molar-refractivity contribution is 0.0211. The second-order valence-corrected chi connectivity index (χ2v) is 4.01. The van der Waals surface area contributed by atoms with Gasteiger partial charge in [0.2, 0.25) is 0 Å². The summed E-state index contributed by atoms with van der Waals surface area (Å²) >= 11 is 1.66. The molecule has 3 N–H and O–H groups in total. The first-order chi connectivity index (χ1) is 5.21. The summed E-state index contributed by atoms with van der Waals surface area (Å²) in [5.41, 5.74) is 6.96. The summed E-state index contributed by atoms with van der Waals surface area (Å²) in [5.74, 6) is 0. The van der Waals surface area contributed by atoms with Crippen LogP contribution < -0.4 is 5.73 Å². The van der Waals surface area contributed by atoms with Crippen LogP contribution in [0.1, 0.15) is 18.4 Å². The Morgan fingerprint density at radius 2 is 2.36 bits per heavy atom. The van der Waals surface area contributed by atoms with E-state index in [4.69, 9.17) is 10.8 Å². The number of hydrogen-bond donors (Lipinski definition) is 2. The lowest BCUT2D eigenvalue weighted by Gasteiger charge is -2.41. The Hall–Kier alpha value is -0.380. The zero-order chi connectivity index (χ0) is 7.90. The second kappa shape index (κ2) is 2.30. The van der Waals surface area contributed by atoms with E-state index in [1.54, 1.807) is 11.3 Å². The molecular formula is C8H11NOS. The van der Waals surface area contributed by atoms with Crippen molar-refractivity contribution in [2.45, 2.75) is 24.5 Å². The van der Waals surface area contributed by atoms with Crippen molar-refractivity contribution in [2.24, 2.45) is 5.73 Å². The van der Waals surface area contributed by atoms with Crippen molar-refractivity contribution >= 4 is 11.3 Å². The quantitative estimate of drug-likeness (QED) is 0.660. The third-order valence-corrected chi connectivity index (χ3v) is 2.98. The first-order valence-corrected chi connectivity index (χ1v) is 4.65. The van der Waals surface area contributed by atoms with E-state index in [1.807, 2.05) is 11.4 Å². The Balaban J connectivity index is 2.18. The van der Waals surface area contributed by atoms with Gasteiger partial charge in [-0.3, -0.25) is 0 Å². The van der Waals surface area contributed by atoms with Crippen molar-refractivity contribution in [3.8, 4) is 0 Å². The van der Waals surface area contributed by atoms with E-state index in [9.17, 15) is 0 Å². The summed E-state index contributed by atoms with van der Waals surface area (Å²) in [6.45, 7) is 0. The maximum Gasteiger partial charge on any atom is 0.0582 e. The molecule has 0 aliphatic heterocycles. The van der Waals surface area contributed by atoms with Gasteiger partial charge in [-0.25, -0.2) is 0 Å². The lowest BCUT2D eigenvalue weighted by atomic mass is 9.71. The molecule has 11 heavy (non-hydrogen) atoms. The summed E-state index contributed by atoms with van der Waals surface area (Å²) in [6.07, 6.45) is 1.24. The van der Waals surface area contributed by atoms with Crippen LogP contribution >= 0.6 is 11.3 Å². The molecule has 1 aliphatic carbocycles. The van der Waals surface area contributed by atoms with Crippen molar-refractivity contribution in [3.63, 3.8) is 0 Å². The van der Waals surface area contributed by atoms with Crippen LogP contribution in [0.2, 0.25) is 0 Å². The monoisotopic (exact) mass is 169 g/mol.